The van der Waals surface area contributed by atoms with Gasteiger partial charge in [0.15, 0.2) is 0 Å². The van der Waals surface area contributed by atoms with Crippen LogP contribution >= 0.6 is 0 Å². The lowest BCUT2D eigenvalue weighted by Gasteiger charge is -2.34. The molecule has 1 aliphatic heterocycles. The van der Waals surface area contributed by atoms with Crippen LogP contribution in [0.25, 0.3) is 0 Å². The molecule has 0 spiro atoms. The van der Waals surface area contributed by atoms with Gasteiger partial charge in [-0.3, -0.25) is 9.59 Å². The van der Waals surface area contributed by atoms with Crippen LogP contribution in [0, 0.1) is 0 Å². The van der Waals surface area contributed by atoms with Crippen LogP contribution in [-0.2, 0) is 9.53 Å². The number of carbonyl (C=O) groups excluding carboxylic acids is 1. The van der Waals surface area contributed by atoms with Crippen molar-refractivity contribution in [3.63, 3.8) is 0 Å². The fourth-order valence-corrected chi connectivity index (χ4v) is 2.18. The number of amides is 1. The van der Waals surface area contributed by atoms with Gasteiger partial charge in [-0.25, -0.2) is 0 Å². The SMILES string of the molecule is O=C(O)CC1COCCN1C(=O)c1cc(O)cc(O)c1. The van der Waals surface area contributed by atoms with E-state index in [2.05, 4.69) is 0 Å². The van der Waals surface area contributed by atoms with Crippen LogP contribution < -0.4 is 0 Å². The molecule has 0 aromatic heterocycles. The highest BCUT2D eigenvalue weighted by atomic mass is 16.5. The number of carbonyl (C=O) groups is 2. The summed E-state index contributed by atoms with van der Waals surface area (Å²) in [6, 6.07) is 3.02. The van der Waals surface area contributed by atoms with Crippen LogP contribution in [0.4, 0.5) is 0 Å². The van der Waals surface area contributed by atoms with Crippen molar-refractivity contribution in [3.05, 3.63) is 23.8 Å². The maximum Gasteiger partial charge on any atom is 0.305 e. The molecule has 1 saturated heterocycles. The quantitative estimate of drug-likeness (QED) is 0.741. The van der Waals surface area contributed by atoms with E-state index in [0.717, 1.165) is 6.07 Å². The third-order valence-corrected chi connectivity index (χ3v) is 3.05. The molecule has 1 amide bonds. The first kappa shape index (κ1) is 14.1. The minimum Gasteiger partial charge on any atom is -0.508 e. The van der Waals surface area contributed by atoms with Gasteiger partial charge < -0.3 is 25.0 Å². The molecule has 1 heterocycles. The average Bonchev–Trinajstić information content (AvgIpc) is 2.36. The van der Waals surface area contributed by atoms with E-state index in [4.69, 9.17) is 9.84 Å². The van der Waals surface area contributed by atoms with Gasteiger partial charge >= 0.3 is 5.97 Å². The molecule has 7 nitrogen and oxygen atoms in total. The Morgan fingerprint density at radius 2 is 1.90 bits per heavy atom. The van der Waals surface area contributed by atoms with E-state index in [0.29, 0.717) is 6.61 Å². The fourth-order valence-electron chi connectivity index (χ4n) is 2.18. The zero-order valence-electron chi connectivity index (χ0n) is 10.7. The third-order valence-electron chi connectivity index (χ3n) is 3.05. The van der Waals surface area contributed by atoms with Crippen LogP contribution in [0.2, 0.25) is 0 Å². The lowest BCUT2D eigenvalue weighted by molar-refractivity contribution is -0.139. The van der Waals surface area contributed by atoms with Crippen molar-refractivity contribution < 1.29 is 29.6 Å². The van der Waals surface area contributed by atoms with Gasteiger partial charge in [0.1, 0.15) is 11.5 Å². The molecular formula is C13H15NO6. The van der Waals surface area contributed by atoms with Crippen LogP contribution in [0.15, 0.2) is 18.2 Å². The van der Waals surface area contributed by atoms with Crippen LogP contribution in [0.1, 0.15) is 16.8 Å². The smallest absolute Gasteiger partial charge is 0.305 e. The summed E-state index contributed by atoms with van der Waals surface area (Å²) in [4.78, 5) is 24.6. The van der Waals surface area contributed by atoms with E-state index >= 15 is 0 Å². The lowest BCUT2D eigenvalue weighted by atomic mass is 10.1. The molecule has 0 saturated carbocycles. The van der Waals surface area contributed by atoms with Gasteiger partial charge in [-0.05, 0) is 12.1 Å². The summed E-state index contributed by atoms with van der Waals surface area (Å²) in [5, 5.41) is 27.7. The Kier molecular flexibility index (Phi) is 4.09. The lowest BCUT2D eigenvalue weighted by Crippen LogP contribution is -2.49. The van der Waals surface area contributed by atoms with Crippen molar-refractivity contribution in [2.24, 2.45) is 0 Å². The number of rotatable bonds is 3. The highest BCUT2D eigenvalue weighted by Crippen LogP contribution is 2.23. The highest BCUT2D eigenvalue weighted by molar-refractivity contribution is 5.95. The van der Waals surface area contributed by atoms with Crippen molar-refractivity contribution >= 4 is 11.9 Å². The first-order chi connectivity index (χ1) is 9.47. The number of morpholine rings is 1. The molecule has 0 bridgehead atoms. The van der Waals surface area contributed by atoms with Gasteiger partial charge in [-0.1, -0.05) is 0 Å². The monoisotopic (exact) mass is 281 g/mol. The number of ether oxygens (including phenoxy) is 1. The standard InChI is InChI=1S/C13H15NO6/c15-10-3-8(4-11(16)6-10)13(19)14-1-2-20-7-9(14)5-12(17)18/h3-4,6,9,15-16H,1-2,5,7H2,(H,17,18). The molecule has 1 aliphatic rings. The summed E-state index contributed by atoms with van der Waals surface area (Å²) in [5.41, 5.74) is 0.111. The van der Waals surface area contributed by atoms with Crippen LogP contribution in [-0.4, -0.2) is 57.9 Å². The molecule has 2 rings (SSSR count). The zero-order chi connectivity index (χ0) is 14.7. The van der Waals surface area contributed by atoms with Crippen molar-refractivity contribution in [1.29, 1.82) is 0 Å². The number of phenolic OH excluding ortho intramolecular Hbond substituents is 2. The minimum absolute atomic E-state index is 0.111. The minimum atomic E-state index is -1.02. The molecule has 3 N–H and O–H groups in total. The molecule has 1 fully saturated rings. The van der Waals surface area contributed by atoms with Crippen LogP contribution in [0.5, 0.6) is 11.5 Å². The number of aliphatic carboxylic acids is 1. The van der Waals surface area contributed by atoms with E-state index in [1.54, 1.807) is 0 Å². The molecular weight excluding hydrogens is 266 g/mol. The normalized spacial score (nSPS) is 18.8. The molecule has 108 valence electrons. The summed E-state index contributed by atoms with van der Waals surface area (Å²) in [5.74, 6) is -1.91. The molecule has 20 heavy (non-hydrogen) atoms. The Balaban J connectivity index is 2.22. The number of aromatic hydroxyl groups is 2. The molecule has 1 unspecified atom stereocenters. The zero-order valence-corrected chi connectivity index (χ0v) is 10.7. The molecule has 1 aromatic carbocycles. The largest absolute Gasteiger partial charge is 0.508 e. The second kappa shape index (κ2) is 5.79. The Bertz CT molecular complexity index is 509. The van der Waals surface area contributed by atoms with Gasteiger partial charge in [0.25, 0.3) is 5.91 Å². The number of carboxylic acids is 1. The first-order valence-corrected chi connectivity index (χ1v) is 6.11. The predicted molar refractivity (Wildman–Crippen MR) is 67.7 cm³/mol. The van der Waals surface area contributed by atoms with Crippen molar-refractivity contribution in [2.45, 2.75) is 12.5 Å². The van der Waals surface area contributed by atoms with Gasteiger partial charge in [-0.15, -0.1) is 0 Å². The summed E-state index contributed by atoms with van der Waals surface area (Å²) in [7, 11) is 0. The second-order valence-electron chi connectivity index (χ2n) is 4.56. The molecule has 1 aromatic rings. The van der Waals surface area contributed by atoms with E-state index < -0.39 is 17.9 Å². The number of nitrogens with zero attached hydrogens (tertiary/aromatic N) is 1. The van der Waals surface area contributed by atoms with E-state index in [1.807, 2.05) is 0 Å². The van der Waals surface area contributed by atoms with Crippen molar-refractivity contribution in [2.75, 3.05) is 19.8 Å². The summed E-state index contributed by atoms with van der Waals surface area (Å²) in [6.07, 6.45) is -0.212. The first-order valence-electron chi connectivity index (χ1n) is 6.11. The number of hydrogen-bond donors (Lipinski definition) is 3. The van der Waals surface area contributed by atoms with Crippen molar-refractivity contribution in [1.82, 2.24) is 4.90 Å². The summed E-state index contributed by atoms with van der Waals surface area (Å²) < 4.78 is 5.19. The third kappa shape index (κ3) is 3.18. The Morgan fingerprint density at radius 1 is 1.25 bits per heavy atom. The Morgan fingerprint density at radius 3 is 2.50 bits per heavy atom. The molecule has 7 heteroatoms. The highest BCUT2D eigenvalue weighted by Gasteiger charge is 2.30. The van der Waals surface area contributed by atoms with Gasteiger partial charge in [0.05, 0.1) is 25.7 Å². The predicted octanol–water partition coefficient (Wildman–Crippen LogP) is 0.413. The Labute approximate surface area is 115 Å². The van der Waals surface area contributed by atoms with Gasteiger partial charge in [0, 0.05) is 18.2 Å². The van der Waals surface area contributed by atoms with Gasteiger partial charge in [-0.2, -0.15) is 0 Å². The molecule has 0 radical (unpaired) electrons. The van der Waals surface area contributed by atoms with E-state index in [9.17, 15) is 19.8 Å². The number of hydrogen-bond acceptors (Lipinski definition) is 5. The summed E-state index contributed by atoms with van der Waals surface area (Å²) >= 11 is 0. The van der Waals surface area contributed by atoms with Crippen LogP contribution in [0.3, 0.4) is 0 Å². The van der Waals surface area contributed by atoms with E-state index in [1.165, 1.54) is 17.0 Å². The molecule has 0 aliphatic carbocycles. The molecule has 1 atom stereocenters. The maximum atomic E-state index is 12.4. The fraction of sp³-hybridized carbons (Fsp3) is 0.385. The topological polar surface area (TPSA) is 107 Å². The van der Waals surface area contributed by atoms with Gasteiger partial charge in [0.2, 0.25) is 0 Å². The Hall–Kier alpha value is -2.28. The van der Waals surface area contributed by atoms with Crippen molar-refractivity contribution in [3.8, 4) is 11.5 Å². The maximum absolute atomic E-state index is 12.4. The summed E-state index contributed by atoms with van der Waals surface area (Å²) in [6.45, 7) is 0.753. The number of benzene rings is 1. The van der Waals surface area contributed by atoms with E-state index in [-0.39, 0.29) is 36.6 Å². The average molecular weight is 281 g/mol. The number of carboxylic acid groups (broad SMARTS) is 1. The second-order valence-corrected chi connectivity index (χ2v) is 4.56. The number of phenols is 2.